The highest BCUT2D eigenvalue weighted by Crippen LogP contribution is 2.29. The fraction of sp³-hybridized carbons (Fsp3) is 0.417. The maximum Gasteiger partial charge on any atom is 0.416 e. The lowest BCUT2D eigenvalue weighted by atomic mass is 9.91. The van der Waals surface area contributed by atoms with Gasteiger partial charge in [-0.3, -0.25) is 9.59 Å². The summed E-state index contributed by atoms with van der Waals surface area (Å²) in [6.45, 7) is 9.95. The van der Waals surface area contributed by atoms with E-state index in [2.05, 4.69) is 0 Å². The van der Waals surface area contributed by atoms with Crippen LogP contribution in [0.4, 0.5) is 13.2 Å². The van der Waals surface area contributed by atoms with Gasteiger partial charge in [0.25, 0.3) is 0 Å². The summed E-state index contributed by atoms with van der Waals surface area (Å²) in [7, 11) is 1.18. The third-order valence-electron chi connectivity index (χ3n) is 4.14. The third kappa shape index (κ3) is 8.39. The molecule has 3 nitrogen and oxygen atoms in total. The average molecular weight is 425 g/mol. The van der Waals surface area contributed by atoms with E-state index in [-0.39, 0.29) is 12.0 Å². The molecule has 0 spiro atoms. The second kappa shape index (κ2) is 13.6. The molecule has 2 aromatic rings. The molecular formula is C24H31F3O3. The molecule has 0 saturated carbocycles. The van der Waals surface area contributed by atoms with Crippen LogP contribution >= 0.6 is 0 Å². The largest absolute Gasteiger partial charge is 0.468 e. The Morgan fingerprint density at radius 1 is 0.900 bits per heavy atom. The maximum absolute atomic E-state index is 12.6. The molecule has 0 aromatic heterocycles. The lowest BCUT2D eigenvalue weighted by Gasteiger charge is -2.14. The van der Waals surface area contributed by atoms with Gasteiger partial charge in [0, 0.05) is 5.56 Å². The first-order valence-corrected chi connectivity index (χ1v) is 10.1. The monoisotopic (exact) mass is 424 g/mol. The van der Waals surface area contributed by atoms with Crippen molar-refractivity contribution in [1.29, 1.82) is 0 Å². The zero-order chi connectivity index (χ0) is 23.3. The lowest BCUT2D eigenvalue weighted by Crippen LogP contribution is -2.26. The van der Waals surface area contributed by atoms with E-state index in [4.69, 9.17) is 4.74 Å². The molecule has 2 rings (SSSR count). The maximum atomic E-state index is 12.6. The molecule has 0 aliphatic carbocycles. The Morgan fingerprint density at radius 2 is 1.40 bits per heavy atom. The molecule has 1 atom stereocenters. The normalized spacial score (nSPS) is 11.2. The molecule has 0 radical (unpaired) electrons. The Balaban J connectivity index is 0.00000198. The zero-order valence-corrected chi connectivity index (χ0v) is 18.5. The van der Waals surface area contributed by atoms with Crippen molar-refractivity contribution in [2.75, 3.05) is 7.11 Å². The summed E-state index contributed by atoms with van der Waals surface area (Å²) in [5.74, 6) is -2.29. The molecule has 0 amide bonds. The number of rotatable bonds is 6. The summed E-state index contributed by atoms with van der Waals surface area (Å²) in [5.41, 5.74) is 1.27. The molecule has 0 heterocycles. The standard InChI is InChI=1S/C20H19F3O3.2C2H6/c1-13-3-5-14(6-4-13)7-12-17(19(25)26-2)18(24)15-8-10-16(11-9-15)20(21,22)23;2*1-2/h3-6,8-11,17H,7,12H2,1-2H3;2*1-2H3. The molecule has 2 aromatic carbocycles. The zero-order valence-electron chi connectivity index (χ0n) is 18.5. The van der Waals surface area contributed by atoms with Gasteiger partial charge in [0.1, 0.15) is 5.92 Å². The molecule has 6 heteroatoms. The molecule has 166 valence electrons. The number of Topliss-reactive ketones (excluding diaryl/α,β-unsaturated/α-hetero) is 1. The second-order valence-electron chi connectivity index (χ2n) is 6.04. The number of carbonyl (C=O) groups excluding carboxylic acids is 2. The van der Waals surface area contributed by atoms with Crippen molar-refractivity contribution < 1.29 is 27.5 Å². The minimum atomic E-state index is -4.48. The summed E-state index contributed by atoms with van der Waals surface area (Å²) in [5, 5.41) is 0. The van der Waals surface area contributed by atoms with Gasteiger partial charge < -0.3 is 4.74 Å². The smallest absolute Gasteiger partial charge is 0.416 e. The van der Waals surface area contributed by atoms with Gasteiger partial charge in [-0.1, -0.05) is 69.7 Å². The van der Waals surface area contributed by atoms with Crippen molar-refractivity contribution in [1.82, 2.24) is 0 Å². The van der Waals surface area contributed by atoms with Gasteiger partial charge >= 0.3 is 12.1 Å². The van der Waals surface area contributed by atoms with E-state index in [1.165, 1.54) is 7.11 Å². The number of esters is 1. The summed E-state index contributed by atoms with van der Waals surface area (Å²) in [4.78, 5) is 24.6. The third-order valence-corrected chi connectivity index (χ3v) is 4.14. The van der Waals surface area contributed by atoms with Gasteiger partial charge in [-0.05, 0) is 37.5 Å². The van der Waals surface area contributed by atoms with Crippen molar-refractivity contribution >= 4 is 11.8 Å². The van der Waals surface area contributed by atoms with Crippen LogP contribution in [0.15, 0.2) is 48.5 Å². The van der Waals surface area contributed by atoms with Gasteiger partial charge in [0.05, 0.1) is 12.7 Å². The van der Waals surface area contributed by atoms with Crippen LogP contribution in [0.25, 0.3) is 0 Å². The topological polar surface area (TPSA) is 43.4 Å². The average Bonchev–Trinajstić information content (AvgIpc) is 2.77. The van der Waals surface area contributed by atoms with E-state index in [0.29, 0.717) is 6.42 Å². The van der Waals surface area contributed by atoms with E-state index >= 15 is 0 Å². The van der Waals surface area contributed by atoms with Crippen LogP contribution in [0, 0.1) is 12.8 Å². The number of alkyl halides is 3. The summed E-state index contributed by atoms with van der Waals surface area (Å²) < 4.78 is 42.6. The summed E-state index contributed by atoms with van der Waals surface area (Å²) in [6.07, 6.45) is -3.78. The minimum Gasteiger partial charge on any atom is -0.468 e. The quantitative estimate of drug-likeness (QED) is 0.295. The molecule has 0 bridgehead atoms. The number of ether oxygens (including phenoxy) is 1. The first kappa shape index (κ1) is 27.4. The Hall–Kier alpha value is -2.63. The van der Waals surface area contributed by atoms with Gasteiger partial charge in [-0.2, -0.15) is 13.2 Å². The number of ketones is 1. The molecule has 0 aliphatic rings. The number of methoxy groups -OCH3 is 1. The van der Waals surface area contributed by atoms with Gasteiger partial charge in [-0.15, -0.1) is 0 Å². The summed E-state index contributed by atoms with van der Waals surface area (Å²) in [6, 6.07) is 11.5. The van der Waals surface area contributed by atoms with Crippen LogP contribution in [0.1, 0.15) is 61.2 Å². The molecule has 30 heavy (non-hydrogen) atoms. The van der Waals surface area contributed by atoms with Crippen molar-refractivity contribution in [3.63, 3.8) is 0 Å². The van der Waals surface area contributed by atoms with E-state index in [1.807, 2.05) is 58.9 Å². The first-order chi connectivity index (χ1) is 14.2. The first-order valence-electron chi connectivity index (χ1n) is 10.1. The Kier molecular flexibility index (Phi) is 12.4. The highest BCUT2D eigenvalue weighted by Gasteiger charge is 2.32. The number of hydrogen-bond donors (Lipinski definition) is 0. The van der Waals surface area contributed by atoms with E-state index in [0.717, 1.165) is 35.4 Å². The fourth-order valence-electron chi connectivity index (χ4n) is 2.59. The van der Waals surface area contributed by atoms with Gasteiger partial charge in [0.2, 0.25) is 0 Å². The highest BCUT2D eigenvalue weighted by molar-refractivity contribution is 6.08. The molecule has 1 unspecified atom stereocenters. The highest BCUT2D eigenvalue weighted by atomic mass is 19.4. The Bertz CT molecular complexity index is 764. The van der Waals surface area contributed by atoms with Crippen molar-refractivity contribution in [2.24, 2.45) is 5.92 Å². The molecular weight excluding hydrogens is 393 g/mol. The van der Waals surface area contributed by atoms with Crippen LogP contribution in [-0.4, -0.2) is 18.9 Å². The van der Waals surface area contributed by atoms with Gasteiger partial charge in [0.15, 0.2) is 5.78 Å². The summed E-state index contributed by atoms with van der Waals surface area (Å²) >= 11 is 0. The minimum absolute atomic E-state index is 0.0531. The number of benzene rings is 2. The Labute approximate surface area is 177 Å². The van der Waals surface area contributed by atoms with E-state index < -0.39 is 29.4 Å². The molecule has 0 saturated heterocycles. The predicted molar refractivity (Wildman–Crippen MR) is 113 cm³/mol. The number of aryl methyl sites for hydroxylation is 2. The number of hydrogen-bond acceptors (Lipinski definition) is 3. The lowest BCUT2D eigenvalue weighted by molar-refractivity contribution is -0.144. The Morgan fingerprint density at radius 3 is 1.83 bits per heavy atom. The van der Waals surface area contributed by atoms with Crippen molar-refractivity contribution in [2.45, 2.75) is 53.6 Å². The van der Waals surface area contributed by atoms with Gasteiger partial charge in [-0.25, -0.2) is 0 Å². The van der Waals surface area contributed by atoms with E-state index in [1.54, 1.807) is 0 Å². The van der Waals surface area contributed by atoms with Crippen LogP contribution in [0.3, 0.4) is 0 Å². The molecule has 0 N–H and O–H groups in total. The van der Waals surface area contributed by atoms with Crippen LogP contribution < -0.4 is 0 Å². The molecule has 0 aliphatic heterocycles. The second-order valence-corrected chi connectivity index (χ2v) is 6.04. The van der Waals surface area contributed by atoms with Crippen LogP contribution in [0.5, 0.6) is 0 Å². The number of halogens is 3. The SMILES string of the molecule is CC.CC.COC(=O)C(CCc1ccc(C)cc1)C(=O)c1ccc(C(F)(F)F)cc1. The van der Waals surface area contributed by atoms with Crippen LogP contribution in [0.2, 0.25) is 0 Å². The fourth-order valence-corrected chi connectivity index (χ4v) is 2.59. The molecule has 0 fully saturated rings. The predicted octanol–water partition coefficient (Wildman–Crippen LogP) is 6.67. The van der Waals surface area contributed by atoms with Crippen molar-refractivity contribution in [3.05, 3.63) is 70.8 Å². The number of carbonyl (C=O) groups is 2. The van der Waals surface area contributed by atoms with Crippen LogP contribution in [-0.2, 0) is 22.1 Å². The van der Waals surface area contributed by atoms with Crippen molar-refractivity contribution in [3.8, 4) is 0 Å². The van der Waals surface area contributed by atoms with E-state index in [9.17, 15) is 22.8 Å².